The van der Waals surface area contributed by atoms with Crippen LogP contribution in [0.2, 0.25) is 0 Å². The standard InChI is InChI=1S/C20H42N2/c1-6-19(22-20-10-8-7-9-11-20)14-17(4)15(2)12-13-16(3)18(5)21/h15-20,22H,6-14,21H2,1-5H3. The van der Waals surface area contributed by atoms with Gasteiger partial charge in [0.1, 0.15) is 0 Å². The van der Waals surface area contributed by atoms with Crippen molar-refractivity contribution < 1.29 is 0 Å². The van der Waals surface area contributed by atoms with E-state index in [0.717, 1.165) is 17.9 Å². The van der Waals surface area contributed by atoms with Crippen LogP contribution in [0.3, 0.4) is 0 Å². The van der Waals surface area contributed by atoms with E-state index in [1.165, 1.54) is 57.8 Å². The number of rotatable bonds is 10. The number of nitrogens with one attached hydrogen (secondary N) is 1. The van der Waals surface area contributed by atoms with E-state index in [4.69, 9.17) is 5.73 Å². The molecule has 0 saturated heterocycles. The molecule has 0 bridgehead atoms. The zero-order chi connectivity index (χ0) is 16.5. The molecule has 0 aromatic rings. The zero-order valence-corrected chi connectivity index (χ0v) is 15.9. The van der Waals surface area contributed by atoms with E-state index in [1.807, 2.05) is 0 Å². The summed E-state index contributed by atoms with van der Waals surface area (Å²) < 4.78 is 0. The van der Waals surface area contributed by atoms with Gasteiger partial charge in [0.05, 0.1) is 0 Å². The van der Waals surface area contributed by atoms with Crippen molar-refractivity contribution in [3.05, 3.63) is 0 Å². The molecule has 2 nitrogen and oxygen atoms in total. The van der Waals surface area contributed by atoms with Crippen molar-refractivity contribution in [2.24, 2.45) is 23.5 Å². The average molecular weight is 311 g/mol. The molecule has 0 amide bonds. The van der Waals surface area contributed by atoms with Gasteiger partial charge >= 0.3 is 0 Å². The Morgan fingerprint density at radius 2 is 1.50 bits per heavy atom. The summed E-state index contributed by atoms with van der Waals surface area (Å²) in [4.78, 5) is 0. The largest absolute Gasteiger partial charge is 0.328 e. The van der Waals surface area contributed by atoms with Crippen LogP contribution in [0.1, 0.15) is 92.4 Å². The highest BCUT2D eigenvalue weighted by molar-refractivity contribution is 4.79. The number of nitrogens with two attached hydrogens (primary N) is 1. The first-order valence-corrected chi connectivity index (χ1v) is 9.95. The monoisotopic (exact) mass is 310 g/mol. The van der Waals surface area contributed by atoms with Crippen molar-refractivity contribution in [1.82, 2.24) is 5.32 Å². The molecule has 0 aliphatic heterocycles. The van der Waals surface area contributed by atoms with Crippen LogP contribution in [-0.4, -0.2) is 18.1 Å². The highest BCUT2D eigenvalue weighted by Gasteiger charge is 2.21. The minimum atomic E-state index is 0.332. The third-order valence-electron chi connectivity index (χ3n) is 6.17. The average Bonchev–Trinajstić information content (AvgIpc) is 2.52. The Labute approximate surface area is 140 Å². The quantitative estimate of drug-likeness (QED) is 0.588. The lowest BCUT2D eigenvalue weighted by molar-refractivity contribution is 0.252. The maximum absolute atomic E-state index is 5.99. The molecule has 1 rings (SSSR count). The van der Waals surface area contributed by atoms with Gasteiger partial charge in [0, 0.05) is 18.1 Å². The molecule has 0 radical (unpaired) electrons. The maximum Gasteiger partial charge on any atom is 0.00696 e. The van der Waals surface area contributed by atoms with Crippen molar-refractivity contribution >= 4 is 0 Å². The summed E-state index contributed by atoms with van der Waals surface area (Å²) in [7, 11) is 0. The van der Waals surface area contributed by atoms with Crippen molar-refractivity contribution in [2.75, 3.05) is 0 Å². The fraction of sp³-hybridized carbons (Fsp3) is 1.00. The van der Waals surface area contributed by atoms with Crippen molar-refractivity contribution in [2.45, 2.75) is 111 Å². The van der Waals surface area contributed by atoms with Crippen LogP contribution in [0.5, 0.6) is 0 Å². The number of hydrogen-bond donors (Lipinski definition) is 2. The van der Waals surface area contributed by atoms with Crippen LogP contribution in [0.25, 0.3) is 0 Å². The van der Waals surface area contributed by atoms with Gasteiger partial charge in [0.25, 0.3) is 0 Å². The van der Waals surface area contributed by atoms with E-state index in [1.54, 1.807) is 0 Å². The second-order valence-corrected chi connectivity index (χ2v) is 8.21. The molecule has 2 heteroatoms. The minimum Gasteiger partial charge on any atom is -0.328 e. The molecule has 3 N–H and O–H groups in total. The Balaban J connectivity index is 2.31. The van der Waals surface area contributed by atoms with Crippen molar-refractivity contribution in [3.63, 3.8) is 0 Å². The predicted octanol–water partition coefficient (Wildman–Crippen LogP) is 5.11. The predicted molar refractivity (Wildman–Crippen MR) is 99.1 cm³/mol. The van der Waals surface area contributed by atoms with E-state index in [2.05, 4.69) is 39.9 Å². The fourth-order valence-electron chi connectivity index (χ4n) is 3.71. The SMILES string of the molecule is CCC(CC(C)C(C)CCC(C)C(C)N)NC1CCCCC1. The van der Waals surface area contributed by atoms with E-state index < -0.39 is 0 Å². The first kappa shape index (κ1) is 20.0. The molecule has 1 fully saturated rings. The van der Waals surface area contributed by atoms with Crippen LogP contribution >= 0.6 is 0 Å². The van der Waals surface area contributed by atoms with Gasteiger partial charge in [-0.2, -0.15) is 0 Å². The molecule has 22 heavy (non-hydrogen) atoms. The maximum atomic E-state index is 5.99. The molecule has 0 heterocycles. The molecule has 132 valence electrons. The normalized spacial score (nSPS) is 23.7. The molecular weight excluding hydrogens is 268 g/mol. The third kappa shape index (κ3) is 7.46. The topological polar surface area (TPSA) is 38.0 Å². The van der Waals surface area contributed by atoms with Crippen molar-refractivity contribution in [3.8, 4) is 0 Å². The third-order valence-corrected chi connectivity index (χ3v) is 6.17. The van der Waals surface area contributed by atoms with Crippen molar-refractivity contribution in [1.29, 1.82) is 0 Å². The lowest BCUT2D eigenvalue weighted by Gasteiger charge is -2.31. The first-order chi connectivity index (χ1) is 10.4. The molecule has 0 aromatic carbocycles. The van der Waals surface area contributed by atoms with Gasteiger partial charge in [0.2, 0.25) is 0 Å². The minimum absolute atomic E-state index is 0.332. The molecule has 1 aliphatic rings. The Hall–Kier alpha value is -0.0800. The van der Waals surface area contributed by atoms with Crippen LogP contribution in [0, 0.1) is 17.8 Å². The Kier molecular flexibility index (Phi) is 9.66. The van der Waals surface area contributed by atoms with Gasteiger partial charge < -0.3 is 11.1 Å². The van der Waals surface area contributed by atoms with E-state index in [0.29, 0.717) is 18.0 Å². The highest BCUT2D eigenvalue weighted by atomic mass is 14.9. The Bertz CT molecular complexity index is 271. The summed E-state index contributed by atoms with van der Waals surface area (Å²) in [5.74, 6) is 2.27. The summed E-state index contributed by atoms with van der Waals surface area (Å²) in [6.45, 7) is 11.7. The summed E-state index contributed by atoms with van der Waals surface area (Å²) in [5, 5.41) is 3.95. The van der Waals surface area contributed by atoms with Gasteiger partial charge in [-0.05, 0) is 56.8 Å². The van der Waals surface area contributed by atoms with Crippen LogP contribution in [0.4, 0.5) is 0 Å². The molecule has 1 saturated carbocycles. The molecule has 0 spiro atoms. The lowest BCUT2D eigenvalue weighted by atomic mass is 9.83. The van der Waals surface area contributed by atoms with Gasteiger partial charge in [0.15, 0.2) is 0 Å². The van der Waals surface area contributed by atoms with Gasteiger partial charge in [-0.15, -0.1) is 0 Å². The summed E-state index contributed by atoms with van der Waals surface area (Å²) in [5.41, 5.74) is 5.99. The highest BCUT2D eigenvalue weighted by Crippen LogP contribution is 2.26. The van der Waals surface area contributed by atoms with Gasteiger partial charge in [-0.3, -0.25) is 0 Å². The summed E-state index contributed by atoms with van der Waals surface area (Å²) in [6, 6.07) is 1.84. The number of hydrogen-bond acceptors (Lipinski definition) is 2. The summed E-state index contributed by atoms with van der Waals surface area (Å²) in [6.07, 6.45) is 12.3. The molecule has 1 aliphatic carbocycles. The molecule has 0 aromatic heterocycles. The van der Waals surface area contributed by atoms with Crippen LogP contribution in [-0.2, 0) is 0 Å². The second kappa shape index (κ2) is 10.6. The smallest absolute Gasteiger partial charge is 0.00696 e. The zero-order valence-electron chi connectivity index (χ0n) is 15.9. The second-order valence-electron chi connectivity index (χ2n) is 8.21. The van der Waals surface area contributed by atoms with Gasteiger partial charge in [-0.25, -0.2) is 0 Å². The fourth-order valence-corrected chi connectivity index (χ4v) is 3.71. The molecule has 5 unspecified atom stereocenters. The van der Waals surface area contributed by atoms with E-state index >= 15 is 0 Å². The Morgan fingerprint density at radius 1 is 0.909 bits per heavy atom. The summed E-state index contributed by atoms with van der Waals surface area (Å²) >= 11 is 0. The Morgan fingerprint density at radius 3 is 2.05 bits per heavy atom. The van der Waals surface area contributed by atoms with Crippen LogP contribution in [0.15, 0.2) is 0 Å². The lowest BCUT2D eigenvalue weighted by Crippen LogP contribution is -2.40. The molecular formula is C20H42N2. The van der Waals surface area contributed by atoms with Crippen LogP contribution < -0.4 is 11.1 Å². The van der Waals surface area contributed by atoms with E-state index in [9.17, 15) is 0 Å². The first-order valence-electron chi connectivity index (χ1n) is 9.95. The molecule has 5 atom stereocenters. The van der Waals surface area contributed by atoms with Gasteiger partial charge in [-0.1, -0.05) is 53.4 Å². The van der Waals surface area contributed by atoms with E-state index in [-0.39, 0.29) is 0 Å².